The fraction of sp³-hybridized carbons (Fsp3) is 0.0118. The van der Waals surface area contributed by atoms with Crippen LogP contribution in [0, 0.1) is 0 Å². The Kier molecular flexibility index (Phi) is 11.5. The number of fused-ring (bicyclic) bond motifs is 16. The second-order valence-corrected chi connectivity index (χ2v) is 23.4. The predicted octanol–water partition coefficient (Wildman–Crippen LogP) is 23.6. The molecule has 18 rings (SSSR count). The molecule has 1 aliphatic rings. The summed E-state index contributed by atoms with van der Waals surface area (Å²) in [7, 11) is 0. The largest absolute Gasteiger partial charge is 0.454 e. The smallest absolute Gasteiger partial charge is 0.159 e. The van der Waals surface area contributed by atoms with Crippen molar-refractivity contribution in [1.82, 2.24) is 0 Å². The molecule has 1 aliphatic carbocycles. The Balaban J connectivity index is 0.938. The Morgan fingerprint density at radius 3 is 1.18 bits per heavy atom. The third-order valence-electron chi connectivity index (χ3n) is 18.7. The van der Waals surface area contributed by atoms with Crippen molar-refractivity contribution in [3.8, 4) is 33.4 Å². The van der Waals surface area contributed by atoms with E-state index in [1.165, 1.54) is 66.1 Å². The van der Waals surface area contributed by atoms with E-state index in [4.69, 9.17) is 8.83 Å². The second-order valence-electron chi connectivity index (χ2n) is 23.4. The summed E-state index contributed by atoms with van der Waals surface area (Å²) in [5.74, 6) is 0. The Morgan fingerprint density at radius 2 is 0.640 bits per heavy atom. The summed E-state index contributed by atoms with van der Waals surface area (Å²) in [6.45, 7) is 0. The van der Waals surface area contributed by atoms with Crippen molar-refractivity contribution in [3.63, 3.8) is 0 Å². The standard InChI is InChI=1S/C85H54N2O2/c1-5-23-55(24-6-1)57-43-47-61(48-44-57)86(75-39-21-37-71-66-33-17-19-41-78(66)88-83(71)75)63-51-52-70-73(53-63)64-31-13-15-35-68(64)81-80-69-36-16-14-32-65(69)77(54-74(80)85(82(70)81,59-27-9-3-10-28-59)60-29-11-4-12-30-60)87(62-49-45-58(46-50-62)56-25-7-2-8-26-56)76-40-22-38-72-67-34-18-20-42-79(67)89-84(72)76/h1-54H. The molecule has 0 amide bonds. The van der Waals surface area contributed by atoms with Crippen LogP contribution in [0.2, 0.25) is 0 Å². The maximum absolute atomic E-state index is 7.02. The first-order valence-corrected chi connectivity index (χ1v) is 30.6. The number of hydrogen-bond acceptors (Lipinski definition) is 4. The van der Waals surface area contributed by atoms with Gasteiger partial charge < -0.3 is 18.6 Å². The zero-order valence-corrected chi connectivity index (χ0v) is 48.4. The molecule has 17 aromatic rings. The lowest BCUT2D eigenvalue weighted by Crippen LogP contribution is -2.29. The van der Waals surface area contributed by atoms with E-state index >= 15 is 0 Å². The van der Waals surface area contributed by atoms with E-state index < -0.39 is 5.41 Å². The zero-order chi connectivity index (χ0) is 58.6. The van der Waals surface area contributed by atoms with E-state index in [9.17, 15) is 0 Å². The summed E-state index contributed by atoms with van der Waals surface area (Å²) in [6.07, 6.45) is 0. The molecule has 89 heavy (non-hydrogen) atoms. The monoisotopic (exact) mass is 1130 g/mol. The number of para-hydroxylation sites is 4. The topological polar surface area (TPSA) is 32.8 Å². The highest BCUT2D eigenvalue weighted by Crippen LogP contribution is 2.64. The van der Waals surface area contributed by atoms with Crippen LogP contribution in [-0.2, 0) is 5.41 Å². The number of hydrogen-bond donors (Lipinski definition) is 0. The van der Waals surface area contributed by atoms with E-state index in [-0.39, 0.29) is 0 Å². The van der Waals surface area contributed by atoms with Gasteiger partial charge in [0.15, 0.2) is 11.2 Å². The van der Waals surface area contributed by atoms with Crippen LogP contribution in [0.1, 0.15) is 22.3 Å². The lowest BCUT2D eigenvalue weighted by Gasteiger charge is -2.36. The normalized spacial score (nSPS) is 12.6. The Morgan fingerprint density at radius 1 is 0.236 bits per heavy atom. The lowest BCUT2D eigenvalue weighted by atomic mass is 9.66. The predicted molar refractivity (Wildman–Crippen MR) is 371 cm³/mol. The van der Waals surface area contributed by atoms with Gasteiger partial charge in [0, 0.05) is 44.0 Å². The Hall–Kier alpha value is -11.7. The third-order valence-corrected chi connectivity index (χ3v) is 18.7. The van der Waals surface area contributed by atoms with Gasteiger partial charge in [-0.3, -0.25) is 0 Å². The molecule has 0 radical (unpaired) electrons. The molecule has 0 N–H and O–H groups in total. The van der Waals surface area contributed by atoms with Crippen molar-refractivity contribution < 1.29 is 8.83 Å². The first-order chi connectivity index (χ1) is 44.2. The van der Waals surface area contributed by atoms with Crippen LogP contribution in [0.5, 0.6) is 0 Å². The average molecular weight is 1140 g/mol. The second kappa shape index (κ2) is 20.2. The minimum absolute atomic E-state index is 0.830. The first-order valence-electron chi connectivity index (χ1n) is 30.6. The number of nitrogens with zero attached hydrogens (tertiary/aromatic N) is 2. The van der Waals surface area contributed by atoms with Crippen molar-refractivity contribution in [2.45, 2.75) is 5.41 Å². The van der Waals surface area contributed by atoms with Crippen molar-refractivity contribution in [1.29, 1.82) is 0 Å². The molecule has 0 bridgehead atoms. The van der Waals surface area contributed by atoms with Gasteiger partial charge in [-0.1, -0.05) is 261 Å². The molecule has 0 spiro atoms. The van der Waals surface area contributed by atoms with E-state index in [2.05, 4.69) is 331 Å². The quantitative estimate of drug-likeness (QED) is 0.128. The molecule has 4 nitrogen and oxygen atoms in total. The first kappa shape index (κ1) is 50.6. The molecule has 4 heteroatoms. The minimum atomic E-state index is -0.837. The maximum atomic E-state index is 7.02. The van der Waals surface area contributed by atoms with E-state index in [0.717, 1.165) is 99.9 Å². The van der Waals surface area contributed by atoms with E-state index in [0.29, 0.717) is 0 Å². The Bertz CT molecular complexity index is 5560. The summed E-state index contributed by atoms with van der Waals surface area (Å²) in [5, 5.41) is 11.3. The van der Waals surface area contributed by atoms with Crippen LogP contribution < -0.4 is 9.80 Å². The van der Waals surface area contributed by atoms with Crippen LogP contribution >= 0.6 is 0 Å². The van der Waals surface area contributed by atoms with Gasteiger partial charge in [-0.2, -0.15) is 0 Å². The van der Waals surface area contributed by atoms with Gasteiger partial charge in [0.05, 0.1) is 22.5 Å². The SMILES string of the molecule is c1ccc(-c2ccc(N(c3ccc4c5c(c6ccccc6c4c3)-c3c(cc(N(c4ccc(-c6ccccc6)cc4)c4cccc6c4oc4ccccc46)c4ccccc34)C5(c3ccccc3)c3ccccc3)c3cccc4c3oc3ccccc34)cc2)cc1. The van der Waals surface area contributed by atoms with Gasteiger partial charge in [-0.25, -0.2) is 0 Å². The van der Waals surface area contributed by atoms with Gasteiger partial charge in [0.1, 0.15) is 11.2 Å². The highest BCUT2D eigenvalue weighted by Gasteiger charge is 2.49. The molecule has 15 aromatic carbocycles. The van der Waals surface area contributed by atoms with Gasteiger partial charge in [-0.15, -0.1) is 0 Å². The zero-order valence-electron chi connectivity index (χ0n) is 48.4. The summed E-state index contributed by atoms with van der Waals surface area (Å²) in [6, 6.07) is 120. The summed E-state index contributed by atoms with van der Waals surface area (Å²) < 4.78 is 13.9. The van der Waals surface area contributed by atoms with Crippen molar-refractivity contribution >= 4 is 110 Å². The van der Waals surface area contributed by atoms with Crippen LogP contribution in [0.25, 0.3) is 110 Å². The summed E-state index contributed by atoms with van der Waals surface area (Å²) in [5.41, 5.74) is 20.5. The molecule has 0 saturated carbocycles. The molecule has 2 aromatic heterocycles. The van der Waals surface area contributed by atoms with Gasteiger partial charge in [0.2, 0.25) is 0 Å². The molecular weight excluding hydrogens is 1080 g/mol. The highest BCUT2D eigenvalue weighted by molar-refractivity contribution is 6.24. The van der Waals surface area contributed by atoms with E-state index in [1.807, 2.05) is 6.07 Å². The van der Waals surface area contributed by atoms with Crippen molar-refractivity contribution in [2.75, 3.05) is 9.80 Å². The van der Waals surface area contributed by atoms with Crippen LogP contribution in [0.3, 0.4) is 0 Å². The maximum Gasteiger partial charge on any atom is 0.159 e. The number of furan rings is 2. The highest BCUT2D eigenvalue weighted by atomic mass is 16.3. The van der Waals surface area contributed by atoms with Crippen LogP contribution in [0.4, 0.5) is 34.1 Å². The van der Waals surface area contributed by atoms with Crippen LogP contribution in [0.15, 0.2) is 336 Å². The van der Waals surface area contributed by atoms with Gasteiger partial charge in [-0.05, 0) is 149 Å². The van der Waals surface area contributed by atoms with Gasteiger partial charge in [0.25, 0.3) is 0 Å². The summed E-state index contributed by atoms with van der Waals surface area (Å²) >= 11 is 0. The number of rotatable bonds is 10. The molecule has 0 unspecified atom stereocenters. The van der Waals surface area contributed by atoms with Gasteiger partial charge >= 0.3 is 0 Å². The average Bonchev–Trinajstić information content (AvgIpc) is 1.55. The molecule has 0 aliphatic heterocycles. The van der Waals surface area contributed by atoms with Crippen LogP contribution in [-0.4, -0.2) is 0 Å². The lowest BCUT2D eigenvalue weighted by molar-refractivity contribution is 0.668. The molecular formula is C85H54N2O2. The molecule has 0 fully saturated rings. The minimum Gasteiger partial charge on any atom is -0.454 e. The van der Waals surface area contributed by atoms with E-state index in [1.54, 1.807) is 0 Å². The summed E-state index contributed by atoms with van der Waals surface area (Å²) in [4.78, 5) is 4.85. The molecule has 0 saturated heterocycles. The van der Waals surface area contributed by atoms with Crippen molar-refractivity contribution in [2.24, 2.45) is 0 Å². The molecule has 416 valence electrons. The fourth-order valence-corrected chi connectivity index (χ4v) is 14.9. The third kappa shape index (κ3) is 7.73. The Labute approximate surface area is 514 Å². The molecule has 0 atom stereocenters. The van der Waals surface area contributed by atoms with Crippen molar-refractivity contribution in [3.05, 3.63) is 350 Å². The number of anilines is 6. The number of benzene rings is 15. The molecule has 2 heterocycles. The fourth-order valence-electron chi connectivity index (χ4n) is 14.9.